The van der Waals surface area contributed by atoms with Crippen molar-refractivity contribution in [2.75, 3.05) is 5.73 Å². The number of benzene rings is 5. The quantitative estimate of drug-likeness (QED) is 0.128. The molecule has 0 saturated carbocycles. The van der Waals surface area contributed by atoms with E-state index in [-0.39, 0.29) is 27.6 Å². The summed E-state index contributed by atoms with van der Waals surface area (Å²) in [7, 11) is -4.08. The SMILES string of the molecule is CCn1cc(-c2ccc(Cl)cc2Cl)nc1Cc1ccc(-c2ccc(Oc3ccc(C(=O)O)c(N)c3S(=O)(=O)Cc3ccccc3)cc2)cc1. The third-order valence-electron chi connectivity index (χ3n) is 8.04. The maximum atomic E-state index is 13.5. The van der Waals surface area contributed by atoms with Crippen LogP contribution in [0.3, 0.4) is 0 Å². The molecule has 248 valence electrons. The van der Waals surface area contributed by atoms with Crippen LogP contribution in [0.4, 0.5) is 5.69 Å². The Bertz CT molecular complexity index is 2250. The van der Waals surface area contributed by atoms with E-state index in [9.17, 15) is 18.3 Å². The Morgan fingerprint density at radius 3 is 2.18 bits per heavy atom. The predicted molar refractivity (Wildman–Crippen MR) is 193 cm³/mol. The zero-order valence-electron chi connectivity index (χ0n) is 26.3. The van der Waals surface area contributed by atoms with Crippen LogP contribution < -0.4 is 10.5 Å². The molecule has 0 atom stereocenters. The number of carbonyl (C=O) groups is 1. The molecular formula is C38H31Cl2N3O5S. The van der Waals surface area contributed by atoms with Crippen LogP contribution in [0.1, 0.15) is 34.2 Å². The van der Waals surface area contributed by atoms with Crippen molar-refractivity contribution >= 4 is 44.7 Å². The Labute approximate surface area is 294 Å². The third-order valence-corrected chi connectivity index (χ3v) is 10.3. The van der Waals surface area contributed by atoms with Gasteiger partial charge >= 0.3 is 5.97 Å². The van der Waals surface area contributed by atoms with Crippen LogP contribution in [0.25, 0.3) is 22.4 Å². The highest BCUT2D eigenvalue weighted by Crippen LogP contribution is 2.38. The number of hydrogen-bond donors (Lipinski definition) is 2. The van der Waals surface area contributed by atoms with Gasteiger partial charge in [0.1, 0.15) is 22.2 Å². The second-order valence-electron chi connectivity index (χ2n) is 11.4. The molecule has 0 saturated heterocycles. The van der Waals surface area contributed by atoms with Crippen molar-refractivity contribution in [1.82, 2.24) is 9.55 Å². The number of carboxylic acids is 1. The lowest BCUT2D eigenvalue weighted by Crippen LogP contribution is -2.13. The average Bonchev–Trinajstić information content (AvgIpc) is 3.47. The lowest BCUT2D eigenvalue weighted by Gasteiger charge is -2.16. The molecule has 3 N–H and O–H groups in total. The lowest BCUT2D eigenvalue weighted by molar-refractivity contribution is 0.0698. The summed E-state index contributed by atoms with van der Waals surface area (Å²) in [4.78, 5) is 16.3. The first-order valence-corrected chi connectivity index (χ1v) is 17.7. The number of aromatic nitrogens is 2. The van der Waals surface area contributed by atoms with Gasteiger partial charge in [-0.1, -0.05) is 89.9 Å². The van der Waals surface area contributed by atoms with Gasteiger partial charge in [-0.05, 0) is 71.6 Å². The van der Waals surface area contributed by atoms with Gasteiger partial charge in [-0.25, -0.2) is 18.2 Å². The number of nitrogen functional groups attached to an aromatic ring is 1. The molecular weight excluding hydrogens is 681 g/mol. The molecule has 1 aromatic heterocycles. The molecule has 0 spiro atoms. The van der Waals surface area contributed by atoms with Crippen molar-refractivity contribution in [2.24, 2.45) is 0 Å². The van der Waals surface area contributed by atoms with Crippen molar-refractivity contribution < 1.29 is 23.1 Å². The highest BCUT2D eigenvalue weighted by molar-refractivity contribution is 7.91. The lowest BCUT2D eigenvalue weighted by atomic mass is 10.0. The van der Waals surface area contributed by atoms with Gasteiger partial charge in [-0.2, -0.15) is 0 Å². The number of aryl methyl sites for hydroxylation is 1. The molecule has 0 amide bonds. The van der Waals surface area contributed by atoms with Gasteiger partial charge < -0.3 is 20.1 Å². The molecule has 5 aromatic carbocycles. The Hall–Kier alpha value is -5.09. The van der Waals surface area contributed by atoms with E-state index in [1.165, 1.54) is 12.1 Å². The van der Waals surface area contributed by atoms with Gasteiger partial charge in [0.15, 0.2) is 9.84 Å². The van der Waals surface area contributed by atoms with E-state index in [0.29, 0.717) is 27.8 Å². The van der Waals surface area contributed by atoms with Crippen molar-refractivity contribution in [2.45, 2.75) is 30.5 Å². The highest BCUT2D eigenvalue weighted by Gasteiger charge is 2.28. The fourth-order valence-electron chi connectivity index (χ4n) is 5.57. The molecule has 6 rings (SSSR count). The topological polar surface area (TPSA) is 125 Å². The van der Waals surface area contributed by atoms with Crippen molar-refractivity contribution in [3.05, 3.63) is 148 Å². The normalized spacial score (nSPS) is 11.4. The molecule has 1 heterocycles. The van der Waals surface area contributed by atoms with E-state index in [4.69, 9.17) is 38.7 Å². The molecule has 0 aliphatic rings. The van der Waals surface area contributed by atoms with Gasteiger partial charge in [0, 0.05) is 29.7 Å². The second-order valence-corrected chi connectivity index (χ2v) is 14.1. The van der Waals surface area contributed by atoms with Crippen LogP contribution in [-0.2, 0) is 28.6 Å². The average molecular weight is 713 g/mol. The van der Waals surface area contributed by atoms with Crippen molar-refractivity contribution in [1.29, 1.82) is 0 Å². The maximum absolute atomic E-state index is 13.5. The largest absolute Gasteiger partial charge is 0.478 e. The number of ether oxygens (including phenoxy) is 1. The number of carboxylic acid groups (broad SMARTS) is 1. The Morgan fingerprint density at radius 2 is 1.55 bits per heavy atom. The standard InChI is InChI=1S/C38H31Cl2N3O5S/c1-2-43-22-33(30-17-14-28(39)21-32(30)40)42-35(43)20-24-8-10-26(11-9-24)27-12-15-29(16-13-27)48-34-19-18-31(38(44)45)36(41)37(34)49(46,47)23-25-6-4-3-5-7-25/h3-19,21-22H,2,20,23,41H2,1H3,(H,44,45). The number of aromatic carboxylic acids is 1. The molecule has 0 aliphatic heterocycles. The Kier molecular flexibility index (Phi) is 9.78. The molecule has 0 radical (unpaired) electrons. The molecule has 0 unspecified atom stereocenters. The van der Waals surface area contributed by atoms with E-state index in [2.05, 4.69) is 23.6 Å². The fourth-order valence-corrected chi connectivity index (χ4v) is 7.71. The van der Waals surface area contributed by atoms with Crippen LogP contribution in [0.15, 0.2) is 120 Å². The summed E-state index contributed by atoms with van der Waals surface area (Å²) in [5.41, 5.74) is 10.6. The summed E-state index contributed by atoms with van der Waals surface area (Å²) in [5, 5.41) is 10.7. The van der Waals surface area contributed by atoms with Crippen LogP contribution in [-0.4, -0.2) is 29.0 Å². The first-order valence-electron chi connectivity index (χ1n) is 15.3. The number of rotatable bonds is 11. The number of anilines is 1. The number of nitrogens with two attached hydrogens (primary N) is 1. The number of sulfone groups is 1. The fraction of sp³-hybridized carbons (Fsp3) is 0.105. The van der Waals surface area contributed by atoms with Crippen LogP contribution in [0.2, 0.25) is 10.0 Å². The molecule has 49 heavy (non-hydrogen) atoms. The van der Waals surface area contributed by atoms with Crippen molar-refractivity contribution in [3.63, 3.8) is 0 Å². The molecule has 6 aromatic rings. The van der Waals surface area contributed by atoms with Gasteiger partial charge in [0.05, 0.1) is 27.7 Å². The Morgan fingerprint density at radius 1 is 0.878 bits per heavy atom. The number of halogens is 2. The summed E-state index contributed by atoms with van der Waals surface area (Å²) in [5.74, 6) is -0.479. The molecule has 8 nitrogen and oxygen atoms in total. The predicted octanol–water partition coefficient (Wildman–Crippen LogP) is 9.18. The summed E-state index contributed by atoms with van der Waals surface area (Å²) in [6.45, 7) is 2.83. The minimum absolute atomic E-state index is 0.0533. The summed E-state index contributed by atoms with van der Waals surface area (Å²) in [6, 6.07) is 31.9. The zero-order chi connectivity index (χ0) is 34.7. The van der Waals surface area contributed by atoms with E-state index in [1.54, 1.807) is 54.6 Å². The van der Waals surface area contributed by atoms with Gasteiger partial charge in [-0.15, -0.1) is 0 Å². The number of nitrogens with zero attached hydrogens (tertiary/aromatic N) is 2. The van der Waals surface area contributed by atoms with Gasteiger partial charge in [0.2, 0.25) is 0 Å². The minimum atomic E-state index is -4.08. The van der Waals surface area contributed by atoms with Crippen LogP contribution in [0.5, 0.6) is 11.5 Å². The minimum Gasteiger partial charge on any atom is -0.478 e. The van der Waals surface area contributed by atoms with E-state index < -0.39 is 15.8 Å². The van der Waals surface area contributed by atoms with Crippen molar-refractivity contribution in [3.8, 4) is 33.9 Å². The van der Waals surface area contributed by atoms with Gasteiger partial charge in [0.25, 0.3) is 0 Å². The number of hydrogen-bond acceptors (Lipinski definition) is 6. The van der Waals surface area contributed by atoms with E-state index >= 15 is 0 Å². The summed E-state index contributed by atoms with van der Waals surface area (Å²) in [6.07, 6.45) is 2.63. The monoisotopic (exact) mass is 711 g/mol. The highest BCUT2D eigenvalue weighted by atomic mass is 35.5. The Balaban J connectivity index is 1.20. The van der Waals surface area contributed by atoms with Crippen LogP contribution >= 0.6 is 23.2 Å². The first kappa shape index (κ1) is 33.8. The molecule has 0 bridgehead atoms. The molecule has 11 heteroatoms. The number of imidazole rings is 1. The zero-order valence-corrected chi connectivity index (χ0v) is 28.6. The van der Waals surface area contributed by atoms with Gasteiger partial charge in [-0.3, -0.25) is 0 Å². The van der Waals surface area contributed by atoms with E-state index in [1.807, 2.05) is 36.5 Å². The molecule has 0 fully saturated rings. The van der Waals surface area contributed by atoms with E-state index in [0.717, 1.165) is 40.3 Å². The summed E-state index contributed by atoms with van der Waals surface area (Å²) >= 11 is 12.5. The molecule has 0 aliphatic carbocycles. The van der Waals surface area contributed by atoms with Crippen LogP contribution in [0, 0.1) is 0 Å². The maximum Gasteiger partial charge on any atom is 0.337 e. The first-order chi connectivity index (χ1) is 23.5. The second kappa shape index (κ2) is 14.2. The summed E-state index contributed by atoms with van der Waals surface area (Å²) < 4.78 is 35.2. The smallest absolute Gasteiger partial charge is 0.337 e. The third kappa shape index (κ3) is 7.49.